The van der Waals surface area contributed by atoms with Gasteiger partial charge in [-0.15, -0.1) is 0 Å². The monoisotopic (exact) mass is 309 g/mol. The lowest BCUT2D eigenvalue weighted by Crippen LogP contribution is -2.41. The van der Waals surface area contributed by atoms with Gasteiger partial charge in [0.2, 0.25) is 5.88 Å². The van der Waals surface area contributed by atoms with E-state index in [1.54, 1.807) is 6.20 Å². The van der Waals surface area contributed by atoms with Gasteiger partial charge >= 0.3 is 0 Å². The molecule has 1 aliphatic carbocycles. The first-order valence-corrected chi connectivity index (χ1v) is 7.80. The molecule has 0 amide bonds. The first kappa shape index (κ1) is 14.2. The highest BCUT2D eigenvalue weighted by molar-refractivity contribution is 5.77. The Hall–Kier alpha value is -2.40. The molecule has 1 N–H and O–H groups in total. The number of hydrogen-bond donors (Lipinski definition) is 1. The molecule has 1 aromatic carbocycles. The lowest BCUT2D eigenvalue weighted by atomic mass is 9.77. The summed E-state index contributed by atoms with van der Waals surface area (Å²) in [6.07, 6.45) is 5.14. The number of pyridine rings is 1. The van der Waals surface area contributed by atoms with Crippen LogP contribution in [0.15, 0.2) is 42.9 Å². The van der Waals surface area contributed by atoms with E-state index in [-0.39, 0.29) is 0 Å². The molecule has 0 spiro atoms. The minimum absolute atomic E-state index is 0.294. The Morgan fingerprint density at radius 3 is 2.74 bits per heavy atom. The highest BCUT2D eigenvalue weighted by Gasteiger charge is 2.39. The average molecular weight is 309 g/mol. The lowest BCUT2D eigenvalue weighted by molar-refractivity contribution is -0.0498. The third-order valence-electron chi connectivity index (χ3n) is 4.40. The Bertz CT molecular complexity index is 844. The van der Waals surface area contributed by atoms with E-state index in [1.807, 2.05) is 50.5 Å². The molecule has 4 rings (SSSR count). The second kappa shape index (κ2) is 5.06. The lowest BCUT2D eigenvalue weighted by Gasteiger charge is -2.41. The smallest absolute Gasteiger partial charge is 0.219 e. The minimum atomic E-state index is -0.554. The summed E-state index contributed by atoms with van der Waals surface area (Å²) in [5.74, 6) is 1.31. The molecule has 2 heterocycles. The van der Waals surface area contributed by atoms with Crippen LogP contribution < -0.4 is 4.74 Å². The zero-order valence-corrected chi connectivity index (χ0v) is 13.2. The van der Waals surface area contributed by atoms with Gasteiger partial charge in [0.05, 0.1) is 23.0 Å². The number of aryl methyl sites for hydroxylation is 1. The van der Waals surface area contributed by atoms with Crippen LogP contribution in [0.2, 0.25) is 0 Å². The molecule has 5 nitrogen and oxygen atoms in total. The molecule has 23 heavy (non-hydrogen) atoms. The minimum Gasteiger partial charge on any atom is -0.439 e. The van der Waals surface area contributed by atoms with Crippen molar-refractivity contribution in [3.05, 3.63) is 48.4 Å². The van der Waals surface area contributed by atoms with E-state index in [4.69, 9.17) is 4.74 Å². The van der Waals surface area contributed by atoms with E-state index in [1.165, 1.54) is 0 Å². The SMILES string of the molecule is Cc1ccc(Oc2ccc3ncn([C@H]4C[C@@](C)(O)C4)c3c2)nc1. The molecule has 0 radical (unpaired) electrons. The van der Waals surface area contributed by atoms with Gasteiger partial charge in [0.25, 0.3) is 0 Å². The van der Waals surface area contributed by atoms with Crippen molar-refractivity contribution < 1.29 is 9.84 Å². The number of nitrogens with zero attached hydrogens (tertiary/aromatic N) is 3. The zero-order valence-electron chi connectivity index (χ0n) is 13.2. The number of hydrogen-bond acceptors (Lipinski definition) is 4. The van der Waals surface area contributed by atoms with Crippen LogP contribution in [-0.4, -0.2) is 25.2 Å². The van der Waals surface area contributed by atoms with Crippen LogP contribution in [0, 0.1) is 6.92 Å². The maximum atomic E-state index is 9.96. The fraction of sp³-hybridized carbons (Fsp3) is 0.333. The van der Waals surface area contributed by atoms with Crippen LogP contribution in [0.5, 0.6) is 11.6 Å². The van der Waals surface area contributed by atoms with Crippen LogP contribution in [0.25, 0.3) is 11.0 Å². The largest absolute Gasteiger partial charge is 0.439 e. The zero-order chi connectivity index (χ0) is 16.0. The second-order valence-electron chi connectivity index (χ2n) is 6.64. The molecule has 0 aliphatic heterocycles. The topological polar surface area (TPSA) is 60.2 Å². The predicted octanol–water partition coefficient (Wildman–Crippen LogP) is 3.62. The van der Waals surface area contributed by atoms with Gasteiger partial charge in [-0.3, -0.25) is 0 Å². The summed E-state index contributed by atoms with van der Waals surface area (Å²) in [6.45, 7) is 3.87. The van der Waals surface area contributed by atoms with Gasteiger partial charge in [-0.25, -0.2) is 9.97 Å². The van der Waals surface area contributed by atoms with Crippen LogP contribution >= 0.6 is 0 Å². The van der Waals surface area contributed by atoms with Crippen LogP contribution in [-0.2, 0) is 0 Å². The maximum Gasteiger partial charge on any atom is 0.219 e. The third kappa shape index (κ3) is 2.68. The molecule has 0 atom stereocenters. The maximum absolute atomic E-state index is 9.96. The van der Waals surface area contributed by atoms with Crippen molar-refractivity contribution >= 4 is 11.0 Å². The number of aliphatic hydroxyl groups is 1. The average Bonchev–Trinajstić information content (AvgIpc) is 2.90. The summed E-state index contributed by atoms with van der Waals surface area (Å²) in [6, 6.07) is 9.96. The van der Waals surface area contributed by atoms with Crippen molar-refractivity contribution in [2.75, 3.05) is 0 Å². The van der Waals surface area contributed by atoms with Gasteiger partial charge in [0.1, 0.15) is 5.75 Å². The first-order chi connectivity index (χ1) is 11.0. The molecule has 1 fully saturated rings. The molecule has 0 saturated heterocycles. The summed E-state index contributed by atoms with van der Waals surface area (Å²) < 4.78 is 7.96. The van der Waals surface area contributed by atoms with E-state index in [0.717, 1.165) is 35.2 Å². The Labute approximate surface area is 134 Å². The van der Waals surface area contributed by atoms with Gasteiger partial charge in [-0.1, -0.05) is 6.07 Å². The van der Waals surface area contributed by atoms with Crippen molar-refractivity contribution in [3.8, 4) is 11.6 Å². The molecule has 2 aromatic heterocycles. The highest BCUT2D eigenvalue weighted by Crippen LogP contribution is 2.42. The molecule has 118 valence electrons. The van der Waals surface area contributed by atoms with Crippen molar-refractivity contribution in [1.82, 2.24) is 14.5 Å². The quantitative estimate of drug-likeness (QED) is 0.803. The normalized spacial score (nSPS) is 23.7. The third-order valence-corrected chi connectivity index (χ3v) is 4.40. The fourth-order valence-electron chi connectivity index (χ4n) is 3.15. The van der Waals surface area contributed by atoms with Crippen LogP contribution in [0.3, 0.4) is 0 Å². The summed E-state index contributed by atoms with van der Waals surface area (Å²) in [5.41, 5.74) is 2.50. The predicted molar refractivity (Wildman–Crippen MR) is 87.7 cm³/mol. The van der Waals surface area contributed by atoms with E-state index < -0.39 is 5.60 Å². The summed E-state index contributed by atoms with van der Waals surface area (Å²) in [5, 5.41) is 9.96. The number of benzene rings is 1. The number of imidazole rings is 1. The van der Waals surface area contributed by atoms with E-state index >= 15 is 0 Å². The van der Waals surface area contributed by atoms with Gasteiger partial charge in [-0.2, -0.15) is 0 Å². The van der Waals surface area contributed by atoms with Gasteiger partial charge in [-0.05, 0) is 44.4 Å². The highest BCUT2D eigenvalue weighted by atomic mass is 16.5. The number of fused-ring (bicyclic) bond motifs is 1. The van der Waals surface area contributed by atoms with E-state index in [9.17, 15) is 5.11 Å². The summed E-state index contributed by atoms with van der Waals surface area (Å²) in [4.78, 5) is 8.71. The molecule has 5 heteroatoms. The number of ether oxygens (including phenoxy) is 1. The molecule has 1 aliphatic rings. The number of rotatable bonds is 3. The van der Waals surface area contributed by atoms with Gasteiger partial charge < -0.3 is 14.4 Å². The van der Waals surface area contributed by atoms with Crippen molar-refractivity contribution in [3.63, 3.8) is 0 Å². The molecule has 0 unspecified atom stereocenters. The van der Waals surface area contributed by atoms with Crippen LogP contribution in [0.4, 0.5) is 0 Å². The number of aromatic nitrogens is 3. The Kier molecular flexibility index (Phi) is 3.13. The molecule has 3 aromatic rings. The van der Waals surface area contributed by atoms with E-state index in [0.29, 0.717) is 11.9 Å². The molecular formula is C18H19N3O2. The second-order valence-corrected chi connectivity index (χ2v) is 6.64. The Morgan fingerprint density at radius 2 is 2.04 bits per heavy atom. The van der Waals surface area contributed by atoms with Gasteiger partial charge in [0.15, 0.2) is 0 Å². The molecular weight excluding hydrogens is 290 g/mol. The fourth-order valence-corrected chi connectivity index (χ4v) is 3.15. The van der Waals surface area contributed by atoms with Crippen molar-refractivity contribution in [2.24, 2.45) is 0 Å². The van der Waals surface area contributed by atoms with Gasteiger partial charge in [0, 0.05) is 24.4 Å². The van der Waals surface area contributed by atoms with E-state index in [2.05, 4.69) is 14.5 Å². The summed E-state index contributed by atoms with van der Waals surface area (Å²) in [7, 11) is 0. The van der Waals surface area contributed by atoms with Crippen LogP contribution in [0.1, 0.15) is 31.4 Å². The molecule has 0 bridgehead atoms. The molecule has 1 saturated carbocycles. The van der Waals surface area contributed by atoms with Crippen molar-refractivity contribution in [1.29, 1.82) is 0 Å². The Morgan fingerprint density at radius 1 is 1.22 bits per heavy atom. The van der Waals surface area contributed by atoms with Crippen molar-refractivity contribution in [2.45, 2.75) is 38.3 Å². The first-order valence-electron chi connectivity index (χ1n) is 7.80. The summed E-state index contributed by atoms with van der Waals surface area (Å²) >= 11 is 0. The Balaban J connectivity index is 1.63. The standard InChI is InChI=1S/C18H19N3O2/c1-12-3-6-17(19-10-12)23-14-4-5-15-16(7-14)21(11-20-15)13-8-18(2,22)9-13/h3-7,10-11,13,22H,8-9H2,1-2H3/t13-,18+.